The van der Waals surface area contributed by atoms with Crippen molar-refractivity contribution in [3.63, 3.8) is 0 Å². The molecule has 0 saturated heterocycles. The first-order valence-corrected chi connectivity index (χ1v) is 15.3. The maximum atomic E-state index is 5.47. The summed E-state index contributed by atoms with van der Waals surface area (Å²) in [5, 5.41) is 2.50. The zero-order valence-electron chi connectivity index (χ0n) is 25.2. The Bertz CT molecular complexity index is 2100. The summed E-state index contributed by atoms with van der Waals surface area (Å²) in [7, 11) is 0. The third-order valence-corrected chi connectivity index (χ3v) is 9.85. The summed E-state index contributed by atoms with van der Waals surface area (Å²) >= 11 is 0. The predicted octanol–water partition coefficient (Wildman–Crippen LogP) is 9.75. The van der Waals surface area contributed by atoms with Gasteiger partial charge in [0.15, 0.2) is 5.84 Å². The average molecular weight is 558 g/mol. The van der Waals surface area contributed by atoms with Crippen molar-refractivity contribution in [2.24, 2.45) is 15.9 Å². The Morgan fingerprint density at radius 2 is 1.35 bits per heavy atom. The second-order valence-corrected chi connectivity index (χ2v) is 12.8. The molecule has 0 amide bonds. The molecule has 1 aromatic heterocycles. The monoisotopic (exact) mass is 557 g/mol. The number of aromatic nitrogens is 1. The maximum Gasteiger partial charge on any atom is 0.157 e. The molecule has 0 radical (unpaired) electrons. The SMILES string of the molecule is C/C(=N\C(=N/[C@]1(c2ccccc2)CC1C)c1ccccc1)n1c2ccccc2c2cc3c(cc21)C(C)(C)c1ccccc1-3. The molecule has 2 aliphatic rings. The third-order valence-electron chi connectivity index (χ3n) is 9.85. The predicted molar refractivity (Wildman–Crippen MR) is 180 cm³/mol. The Hall–Kier alpha value is -4.76. The molecule has 0 spiro atoms. The first kappa shape index (κ1) is 25.9. The molecule has 3 nitrogen and oxygen atoms in total. The molecule has 43 heavy (non-hydrogen) atoms. The topological polar surface area (TPSA) is 29.6 Å². The number of rotatable bonds is 3. The highest BCUT2D eigenvalue weighted by Gasteiger charge is 2.53. The number of hydrogen-bond acceptors (Lipinski definition) is 1. The van der Waals surface area contributed by atoms with E-state index in [0.29, 0.717) is 5.92 Å². The van der Waals surface area contributed by atoms with Gasteiger partial charge in [0.2, 0.25) is 0 Å². The highest BCUT2D eigenvalue weighted by molar-refractivity contribution is 6.17. The molecule has 210 valence electrons. The lowest BCUT2D eigenvalue weighted by Crippen LogP contribution is -2.16. The summed E-state index contributed by atoms with van der Waals surface area (Å²) in [5.41, 5.74) is 9.77. The van der Waals surface area contributed by atoms with E-state index in [2.05, 4.69) is 154 Å². The number of nitrogens with zero attached hydrogens (tertiary/aromatic N) is 3. The van der Waals surface area contributed by atoms with Crippen LogP contribution >= 0.6 is 0 Å². The van der Waals surface area contributed by atoms with Crippen molar-refractivity contribution in [2.45, 2.75) is 45.1 Å². The normalized spacial score (nSPS) is 20.8. The van der Waals surface area contributed by atoms with Gasteiger partial charge in [-0.05, 0) is 65.3 Å². The number of benzene rings is 5. The molecule has 1 saturated carbocycles. The number of fused-ring (bicyclic) bond motifs is 6. The van der Waals surface area contributed by atoms with Gasteiger partial charge in [0.1, 0.15) is 5.84 Å². The van der Waals surface area contributed by atoms with Crippen LogP contribution in [-0.4, -0.2) is 16.2 Å². The van der Waals surface area contributed by atoms with Crippen molar-refractivity contribution in [3.05, 3.63) is 144 Å². The van der Waals surface area contributed by atoms with E-state index in [1.807, 2.05) is 0 Å². The minimum atomic E-state index is -0.242. The third kappa shape index (κ3) is 3.88. The lowest BCUT2D eigenvalue weighted by atomic mass is 9.82. The molecule has 5 aromatic carbocycles. The van der Waals surface area contributed by atoms with Crippen molar-refractivity contribution in [3.8, 4) is 11.1 Å². The summed E-state index contributed by atoms with van der Waals surface area (Å²) in [6, 6.07) is 43.6. The van der Waals surface area contributed by atoms with E-state index < -0.39 is 0 Å². The van der Waals surface area contributed by atoms with Gasteiger partial charge in [0.05, 0.1) is 16.6 Å². The van der Waals surface area contributed by atoms with Gasteiger partial charge in [-0.3, -0.25) is 9.56 Å². The molecule has 3 heteroatoms. The van der Waals surface area contributed by atoms with Gasteiger partial charge in [-0.1, -0.05) is 124 Å². The largest absolute Gasteiger partial charge is 0.297 e. The number of para-hydroxylation sites is 1. The van der Waals surface area contributed by atoms with Crippen molar-refractivity contribution in [1.82, 2.24) is 4.57 Å². The van der Waals surface area contributed by atoms with Gasteiger partial charge in [-0.2, -0.15) is 0 Å². The van der Waals surface area contributed by atoms with Gasteiger partial charge in [-0.25, -0.2) is 4.99 Å². The molecule has 0 bridgehead atoms. The Kier molecular flexibility index (Phi) is 5.65. The quantitative estimate of drug-likeness (QED) is 0.153. The van der Waals surface area contributed by atoms with Crippen LogP contribution in [-0.2, 0) is 11.0 Å². The molecular weight excluding hydrogens is 522 g/mol. The first-order chi connectivity index (χ1) is 20.9. The number of aliphatic imine (C=N–C) groups is 2. The summed E-state index contributed by atoms with van der Waals surface area (Å²) in [4.78, 5) is 10.8. The van der Waals surface area contributed by atoms with Crippen molar-refractivity contribution in [1.29, 1.82) is 0 Å². The van der Waals surface area contributed by atoms with Gasteiger partial charge in [0, 0.05) is 21.8 Å². The van der Waals surface area contributed by atoms with Crippen LogP contribution in [0.1, 0.15) is 56.4 Å². The number of hydrogen-bond donors (Lipinski definition) is 0. The molecule has 0 aliphatic heterocycles. The second-order valence-electron chi connectivity index (χ2n) is 12.8. The highest BCUT2D eigenvalue weighted by Crippen LogP contribution is 2.55. The van der Waals surface area contributed by atoms with E-state index in [1.165, 1.54) is 49.6 Å². The lowest BCUT2D eigenvalue weighted by Gasteiger charge is -2.21. The Balaban J connectivity index is 1.36. The van der Waals surface area contributed by atoms with Gasteiger partial charge in [-0.15, -0.1) is 0 Å². The van der Waals surface area contributed by atoms with E-state index in [0.717, 1.165) is 23.7 Å². The molecule has 2 aliphatic carbocycles. The van der Waals surface area contributed by atoms with Gasteiger partial charge in [0.25, 0.3) is 0 Å². The number of amidine groups is 1. The van der Waals surface area contributed by atoms with E-state index in [9.17, 15) is 0 Å². The first-order valence-electron chi connectivity index (χ1n) is 15.3. The minimum Gasteiger partial charge on any atom is -0.297 e. The molecule has 1 fully saturated rings. The van der Waals surface area contributed by atoms with Crippen LogP contribution in [0, 0.1) is 5.92 Å². The maximum absolute atomic E-state index is 5.47. The van der Waals surface area contributed by atoms with E-state index in [-0.39, 0.29) is 11.0 Å². The van der Waals surface area contributed by atoms with Crippen LogP contribution in [0.15, 0.2) is 131 Å². The van der Waals surface area contributed by atoms with Crippen LogP contribution in [0.5, 0.6) is 0 Å². The standard InChI is InChI=1S/C40H35N3/c1-26-25-40(26,29-17-9-6-10-18-29)42-38(28-15-7-5-8-16-28)41-27(2)43-36-22-14-12-20-31(36)33-23-32-30-19-11-13-21-34(30)39(3,4)35(32)24-37(33)43/h5-24,26H,25H2,1-4H3/b41-27+,42-38-/t26?,40-/m1/s1. The summed E-state index contributed by atoms with van der Waals surface area (Å²) in [5.74, 6) is 2.16. The summed E-state index contributed by atoms with van der Waals surface area (Å²) in [6.45, 7) is 9.11. The summed E-state index contributed by atoms with van der Waals surface area (Å²) < 4.78 is 2.34. The van der Waals surface area contributed by atoms with E-state index in [4.69, 9.17) is 9.98 Å². The van der Waals surface area contributed by atoms with Gasteiger partial charge < -0.3 is 0 Å². The molecular formula is C40H35N3. The van der Waals surface area contributed by atoms with Crippen LogP contribution in [0.4, 0.5) is 0 Å². The molecule has 6 aromatic rings. The molecule has 1 heterocycles. The second kappa shape index (κ2) is 9.37. The fraction of sp³-hybridized carbons (Fsp3) is 0.200. The fourth-order valence-corrected chi connectivity index (χ4v) is 7.40. The Morgan fingerprint density at radius 3 is 2.09 bits per heavy atom. The van der Waals surface area contributed by atoms with Crippen molar-refractivity contribution in [2.75, 3.05) is 0 Å². The smallest absolute Gasteiger partial charge is 0.157 e. The Morgan fingerprint density at radius 1 is 0.698 bits per heavy atom. The van der Waals surface area contributed by atoms with Gasteiger partial charge >= 0.3 is 0 Å². The van der Waals surface area contributed by atoms with E-state index in [1.54, 1.807) is 0 Å². The molecule has 0 N–H and O–H groups in total. The molecule has 8 rings (SSSR count). The molecule has 2 atom stereocenters. The lowest BCUT2D eigenvalue weighted by molar-refractivity contribution is 0.661. The minimum absolute atomic E-state index is 0.0761. The van der Waals surface area contributed by atoms with Crippen LogP contribution < -0.4 is 0 Å². The molecule has 1 unspecified atom stereocenters. The highest BCUT2D eigenvalue weighted by atomic mass is 15.1. The fourth-order valence-electron chi connectivity index (χ4n) is 7.40. The average Bonchev–Trinajstić information content (AvgIpc) is 3.49. The van der Waals surface area contributed by atoms with E-state index >= 15 is 0 Å². The van der Waals surface area contributed by atoms with Crippen LogP contribution in [0.2, 0.25) is 0 Å². The zero-order chi connectivity index (χ0) is 29.3. The van der Waals surface area contributed by atoms with Crippen molar-refractivity contribution < 1.29 is 0 Å². The van der Waals surface area contributed by atoms with Crippen molar-refractivity contribution >= 4 is 33.5 Å². The summed E-state index contributed by atoms with van der Waals surface area (Å²) in [6.07, 6.45) is 1.03. The van der Waals surface area contributed by atoms with Crippen LogP contribution in [0.25, 0.3) is 32.9 Å². The van der Waals surface area contributed by atoms with Crippen LogP contribution in [0.3, 0.4) is 0 Å². The zero-order valence-corrected chi connectivity index (χ0v) is 25.2. The Labute approximate surface area is 253 Å².